The number of carbonyl (C=O) groups is 1. The number of hydrogen-bond donors (Lipinski definition) is 1. The van der Waals surface area contributed by atoms with Crippen molar-refractivity contribution in [2.24, 2.45) is 0 Å². The van der Waals surface area contributed by atoms with Crippen molar-refractivity contribution >= 4 is 30.4 Å². The fourth-order valence-corrected chi connectivity index (χ4v) is 12.1. The topological polar surface area (TPSA) is 101 Å². The predicted octanol–water partition coefficient (Wildman–Crippen LogP) is 5.69. The molecule has 2 fully saturated rings. The minimum Gasteiger partial charge on any atom is -0.405 e. The van der Waals surface area contributed by atoms with Crippen LogP contribution >= 0.6 is 0 Å². The van der Waals surface area contributed by atoms with E-state index in [9.17, 15) is 9.59 Å². The van der Waals surface area contributed by atoms with E-state index in [1.54, 1.807) is 36.5 Å². The summed E-state index contributed by atoms with van der Waals surface area (Å²) in [4.78, 5) is 31.3. The van der Waals surface area contributed by atoms with Crippen molar-refractivity contribution in [3.63, 3.8) is 0 Å². The summed E-state index contributed by atoms with van der Waals surface area (Å²) in [6.07, 6.45) is -0.377. The number of nitrogens with zero attached hydrogens (tertiary/aromatic N) is 2. The van der Waals surface area contributed by atoms with E-state index in [4.69, 9.17) is 18.6 Å². The predicted molar refractivity (Wildman–Crippen MR) is 199 cm³/mol. The van der Waals surface area contributed by atoms with Gasteiger partial charge in [0, 0.05) is 17.3 Å². The normalized spacial score (nSPS) is 22.7. The Labute approximate surface area is 299 Å². The molecular formula is C41H43N3O6Si. The Balaban J connectivity index is 1.30. The van der Waals surface area contributed by atoms with Gasteiger partial charge in [0.25, 0.3) is 14.2 Å². The molecule has 0 spiro atoms. The second-order valence-electron chi connectivity index (χ2n) is 14.5. The van der Waals surface area contributed by atoms with Crippen molar-refractivity contribution in [2.45, 2.75) is 69.5 Å². The lowest BCUT2D eigenvalue weighted by atomic mass is 9.94. The third kappa shape index (κ3) is 6.28. The number of carbonyl (C=O) groups excluding carboxylic acids is 1. The van der Waals surface area contributed by atoms with Crippen LogP contribution in [0.1, 0.15) is 50.5 Å². The summed E-state index contributed by atoms with van der Waals surface area (Å²) in [6, 6.07) is 40.8. The Bertz CT molecular complexity index is 2000. The number of nitrogens with one attached hydrogen (secondary N) is 1. The van der Waals surface area contributed by atoms with Crippen LogP contribution in [-0.2, 0) is 24.4 Å². The van der Waals surface area contributed by atoms with E-state index in [1.165, 1.54) is 4.57 Å². The molecule has 262 valence electrons. The van der Waals surface area contributed by atoms with Crippen molar-refractivity contribution in [3.8, 4) is 0 Å². The van der Waals surface area contributed by atoms with Crippen molar-refractivity contribution in [1.82, 2.24) is 9.55 Å². The number of aromatic nitrogens is 2. The van der Waals surface area contributed by atoms with E-state index in [1.807, 2.05) is 62.4 Å². The van der Waals surface area contributed by atoms with Crippen molar-refractivity contribution in [2.75, 3.05) is 11.9 Å². The molecule has 0 radical (unpaired) electrons. The fourth-order valence-electron chi connectivity index (χ4n) is 7.57. The lowest BCUT2D eigenvalue weighted by Crippen LogP contribution is -2.67. The quantitative estimate of drug-likeness (QED) is 0.197. The van der Waals surface area contributed by atoms with Crippen LogP contribution in [0.2, 0.25) is 5.04 Å². The van der Waals surface area contributed by atoms with E-state index >= 15 is 0 Å². The summed E-state index contributed by atoms with van der Waals surface area (Å²) in [5.74, 6) is -1.22. The van der Waals surface area contributed by atoms with Gasteiger partial charge in [-0.1, -0.05) is 130 Å². The highest BCUT2D eigenvalue weighted by Crippen LogP contribution is 2.50. The Morgan fingerprint density at radius 3 is 1.90 bits per heavy atom. The number of hydrogen-bond acceptors (Lipinski definition) is 7. The highest BCUT2D eigenvalue weighted by molar-refractivity contribution is 6.99. The summed E-state index contributed by atoms with van der Waals surface area (Å²) >= 11 is 0. The first-order chi connectivity index (χ1) is 24.4. The smallest absolute Gasteiger partial charge is 0.352 e. The van der Waals surface area contributed by atoms with E-state index in [2.05, 4.69) is 79.6 Å². The zero-order valence-electron chi connectivity index (χ0n) is 29.5. The van der Waals surface area contributed by atoms with Gasteiger partial charge in [0.2, 0.25) is 5.72 Å². The SMILES string of the molecule is CC1(C)O[C@H]2[C@@H](O1)[C@@](c1ccccc1)(n1ccc(NC(=O)c3ccccc3)nc1=O)O[C@@H]2CO[Si](c1ccccc1)(c1ccccc1)C(C)(C)C. The molecule has 1 amide bonds. The van der Waals surface area contributed by atoms with E-state index in [0.29, 0.717) is 11.1 Å². The number of amides is 1. The maximum Gasteiger partial charge on any atom is 0.352 e. The first-order valence-corrected chi connectivity index (χ1v) is 19.2. The number of ether oxygens (including phenoxy) is 3. The molecular weight excluding hydrogens is 659 g/mol. The second kappa shape index (κ2) is 13.4. The standard InChI is InChI=1S/C41H43N3O6Si/c1-39(2,3)51(31-22-14-8-15-23-31,32-24-16-9-17-25-32)47-28-33-35-36(50-40(4,5)49-35)41(48-33,30-20-12-7-13-21-30)44-27-26-34(43-38(44)46)42-37(45)29-18-10-6-11-19-29/h6-27,33,35-36H,28H2,1-5H3,(H,42,43,45,46)/t33-,35-,36-,41+/m1/s1. The van der Waals surface area contributed by atoms with Gasteiger partial charge in [-0.05, 0) is 47.5 Å². The fraction of sp³-hybridized carbons (Fsp3) is 0.293. The second-order valence-corrected chi connectivity index (χ2v) is 18.8. The number of anilines is 1. The molecule has 0 unspecified atom stereocenters. The van der Waals surface area contributed by atoms with Crippen LogP contribution in [0.3, 0.4) is 0 Å². The van der Waals surface area contributed by atoms with E-state index < -0.39 is 43.8 Å². The van der Waals surface area contributed by atoms with Crippen molar-refractivity contribution < 1.29 is 23.4 Å². The maximum atomic E-state index is 14.1. The van der Waals surface area contributed by atoms with Crippen LogP contribution < -0.4 is 21.4 Å². The summed E-state index contributed by atoms with van der Waals surface area (Å²) in [7, 11) is -2.96. The molecule has 2 aliphatic rings. The van der Waals surface area contributed by atoms with Gasteiger partial charge in [-0.15, -0.1) is 0 Å². The van der Waals surface area contributed by atoms with Gasteiger partial charge in [0.1, 0.15) is 24.1 Å². The average Bonchev–Trinajstić information content (AvgIpc) is 3.61. The van der Waals surface area contributed by atoms with Gasteiger partial charge in [-0.2, -0.15) is 4.98 Å². The zero-order valence-corrected chi connectivity index (χ0v) is 30.5. The molecule has 0 saturated carbocycles. The third-order valence-electron chi connectivity index (χ3n) is 9.72. The molecule has 51 heavy (non-hydrogen) atoms. The largest absolute Gasteiger partial charge is 0.405 e. The van der Waals surface area contributed by atoms with Crippen molar-refractivity contribution in [3.05, 3.63) is 155 Å². The van der Waals surface area contributed by atoms with Crippen LogP contribution in [0.4, 0.5) is 5.82 Å². The number of benzene rings is 4. The lowest BCUT2D eigenvalue weighted by molar-refractivity contribution is -0.222. The molecule has 0 aliphatic carbocycles. The Kier molecular flexibility index (Phi) is 9.15. The summed E-state index contributed by atoms with van der Waals surface area (Å²) in [5.41, 5.74) is -0.941. The van der Waals surface area contributed by atoms with Gasteiger partial charge < -0.3 is 24.0 Å². The van der Waals surface area contributed by atoms with Gasteiger partial charge in [0.05, 0.1) is 6.61 Å². The molecule has 0 bridgehead atoms. The van der Waals surface area contributed by atoms with Crippen LogP contribution in [0, 0.1) is 0 Å². The lowest BCUT2D eigenvalue weighted by Gasteiger charge is -2.44. The first kappa shape index (κ1) is 34.7. The average molecular weight is 702 g/mol. The summed E-state index contributed by atoms with van der Waals surface area (Å²) in [6.45, 7) is 10.6. The highest BCUT2D eigenvalue weighted by atomic mass is 28.4. The van der Waals surface area contributed by atoms with Crippen LogP contribution in [0.25, 0.3) is 0 Å². The zero-order chi connectivity index (χ0) is 35.9. The van der Waals surface area contributed by atoms with Crippen LogP contribution in [-0.4, -0.2) is 54.5 Å². The minimum atomic E-state index is -2.96. The molecule has 3 heterocycles. The molecule has 1 aromatic heterocycles. The van der Waals surface area contributed by atoms with Crippen LogP contribution in [0.5, 0.6) is 0 Å². The highest BCUT2D eigenvalue weighted by Gasteiger charge is 2.65. The molecule has 2 aliphatic heterocycles. The summed E-state index contributed by atoms with van der Waals surface area (Å²) in [5, 5.41) is 4.76. The molecule has 4 aromatic carbocycles. The van der Waals surface area contributed by atoms with Gasteiger partial charge in [-0.3, -0.25) is 9.36 Å². The van der Waals surface area contributed by atoms with Crippen LogP contribution in [0.15, 0.2) is 138 Å². The number of rotatable bonds is 9. The third-order valence-corrected chi connectivity index (χ3v) is 14.7. The van der Waals surface area contributed by atoms with Gasteiger partial charge in [-0.25, -0.2) is 4.79 Å². The molecule has 1 N–H and O–H groups in total. The van der Waals surface area contributed by atoms with Gasteiger partial charge >= 0.3 is 5.69 Å². The Morgan fingerprint density at radius 2 is 1.35 bits per heavy atom. The van der Waals surface area contributed by atoms with Gasteiger partial charge in [0.15, 0.2) is 5.79 Å². The molecule has 10 heteroatoms. The molecule has 2 saturated heterocycles. The van der Waals surface area contributed by atoms with E-state index in [0.717, 1.165) is 10.4 Å². The van der Waals surface area contributed by atoms with E-state index in [-0.39, 0.29) is 23.4 Å². The Morgan fingerprint density at radius 1 is 0.804 bits per heavy atom. The van der Waals surface area contributed by atoms with Crippen molar-refractivity contribution in [1.29, 1.82) is 0 Å². The molecule has 9 nitrogen and oxygen atoms in total. The number of fused-ring (bicyclic) bond motifs is 1. The molecule has 5 aromatic rings. The maximum absolute atomic E-state index is 14.1. The molecule has 4 atom stereocenters. The molecule has 7 rings (SSSR count). The Hall–Kier alpha value is -4.71. The first-order valence-electron chi connectivity index (χ1n) is 17.3. The minimum absolute atomic E-state index is 0.123. The monoisotopic (exact) mass is 701 g/mol. The summed E-state index contributed by atoms with van der Waals surface area (Å²) < 4.78 is 29.2.